The molecule has 17 heavy (non-hydrogen) atoms. The van der Waals surface area contributed by atoms with E-state index >= 15 is 0 Å². The van der Waals surface area contributed by atoms with Gasteiger partial charge >= 0.3 is 0 Å². The van der Waals surface area contributed by atoms with Crippen LogP contribution < -0.4 is 5.73 Å². The third kappa shape index (κ3) is 2.87. The predicted molar refractivity (Wildman–Crippen MR) is 70.9 cm³/mol. The van der Waals surface area contributed by atoms with Crippen molar-refractivity contribution < 1.29 is 0 Å². The van der Waals surface area contributed by atoms with Crippen molar-refractivity contribution in [2.75, 3.05) is 5.73 Å². The van der Waals surface area contributed by atoms with Crippen molar-refractivity contribution in [2.45, 2.75) is 33.2 Å². The van der Waals surface area contributed by atoms with Crippen LogP contribution in [0.4, 0.5) is 5.69 Å². The van der Waals surface area contributed by atoms with Crippen LogP contribution in [0.3, 0.4) is 0 Å². The first-order valence-corrected chi connectivity index (χ1v) is 5.99. The summed E-state index contributed by atoms with van der Waals surface area (Å²) in [5, 5.41) is 0. The smallest absolute Gasteiger partial charge is 0.0951 e. The van der Waals surface area contributed by atoms with Crippen molar-refractivity contribution >= 4 is 5.69 Å². The molecule has 0 saturated heterocycles. The number of aryl methyl sites for hydroxylation is 3. The largest absolute Gasteiger partial charge is 0.399 e. The molecule has 1 aromatic heterocycles. The van der Waals surface area contributed by atoms with E-state index in [9.17, 15) is 0 Å². The SMILES string of the molecule is Cc1ncn(CCCc2cccc(N)c2)c1C. The van der Waals surface area contributed by atoms with E-state index in [1.807, 2.05) is 31.5 Å². The fraction of sp³-hybridized carbons (Fsp3) is 0.357. The lowest BCUT2D eigenvalue weighted by molar-refractivity contribution is 0.628. The molecule has 0 bridgehead atoms. The zero-order chi connectivity index (χ0) is 12.3. The number of hydrogen-bond donors (Lipinski definition) is 1. The molecule has 0 unspecified atom stereocenters. The number of nitrogens with zero attached hydrogens (tertiary/aromatic N) is 2. The van der Waals surface area contributed by atoms with Crippen molar-refractivity contribution in [1.29, 1.82) is 0 Å². The highest BCUT2D eigenvalue weighted by molar-refractivity contribution is 5.40. The van der Waals surface area contributed by atoms with Crippen LogP contribution in [0.2, 0.25) is 0 Å². The third-order valence-corrected chi connectivity index (χ3v) is 3.16. The van der Waals surface area contributed by atoms with E-state index in [-0.39, 0.29) is 0 Å². The summed E-state index contributed by atoms with van der Waals surface area (Å²) in [4.78, 5) is 4.30. The fourth-order valence-electron chi connectivity index (χ4n) is 1.97. The van der Waals surface area contributed by atoms with Gasteiger partial charge in [-0.15, -0.1) is 0 Å². The highest BCUT2D eigenvalue weighted by Crippen LogP contribution is 2.11. The van der Waals surface area contributed by atoms with Crippen LogP contribution in [0.15, 0.2) is 30.6 Å². The number of aromatic nitrogens is 2. The summed E-state index contributed by atoms with van der Waals surface area (Å²) in [5.41, 5.74) is 10.3. The van der Waals surface area contributed by atoms with E-state index in [0.717, 1.165) is 30.8 Å². The monoisotopic (exact) mass is 229 g/mol. The molecule has 2 rings (SSSR count). The highest BCUT2D eigenvalue weighted by Gasteiger charge is 2.01. The van der Waals surface area contributed by atoms with Crippen LogP contribution >= 0.6 is 0 Å². The van der Waals surface area contributed by atoms with Crippen LogP contribution in [0, 0.1) is 13.8 Å². The standard InChI is InChI=1S/C14H19N3/c1-11-12(2)17(10-16-11)8-4-6-13-5-3-7-14(15)9-13/h3,5,7,9-10H,4,6,8,15H2,1-2H3. The molecule has 3 nitrogen and oxygen atoms in total. The number of rotatable bonds is 4. The highest BCUT2D eigenvalue weighted by atomic mass is 15.0. The van der Waals surface area contributed by atoms with Gasteiger partial charge in [0.05, 0.1) is 12.0 Å². The minimum Gasteiger partial charge on any atom is -0.399 e. The molecular weight excluding hydrogens is 210 g/mol. The van der Waals surface area contributed by atoms with Crippen LogP contribution in [-0.2, 0) is 13.0 Å². The molecule has 0 aliphatic heterocycles. The lowest BCUT2D eigenvalue weighted by Gasteiger charge is -2.06. The van der Waals surface area contributed by atoms with Gasteiger partial charge in [-0.25, -0.2) is 4.98 Å². The Labute approximate surface area is 102 Å². The second kappa shape index (κ2) is 5.04. The molecule has 0 amide bonds. The number of benzene rings is 1. The van der Waals surface area contributed by atoms with Crippen molar-refractivity contribution in [1.82, 2.24) is 9.55 Å². The Bertz CT molecular complexity index is 500. The van der Waals surface area contributed by atoms with Gasteiger partial charge in [-0.2, -0.15) is 0 Å². The molecule has 0 atom stereocenters. The van der Waals surface area contributed by atoms with Crippen LogP contribution in [0.25, 0.3) is 0 Å². The molecule has 90 valence electrons. The molecule has 0 aliphatic rings. The lowest BCUT2D eigenvalue weighted by atomic mass is 10.1. The van der Waals surface area contributed by atoms with Crippen LogP contribution in [0.1, 0.15) is 23.4 Å². The van der Waals surface area contributed by atoms with E-state index in [1.54, 1.807) is 0 Å². The summed E-state index contributed by atoms with van der Waals surface area (Å²) >= 11 is 0. The number of anilines is 1. The van der Waals surface area contributed by atoms with Crippen molar-refractivity contribution in [3.05, 3.63) is 47.5 Å². The maximum Gasteiger partial charge on any atom is 0.0951 e. The second-order valence-corrected chi connectivity index (χ2v) is 4.46. The molecule has 3 heteroatoms. The molecule has 1 aromatic carbocycles. The minimum atomic E-state index is 0.845. The lowest BCUT2D eigenvalue weighted by Crippen LogP contribution is -2.00. The summed E-state index contributed by atoms with van der Waals surface area (Å²) in [6, 6.07) is 8.11. The second-order valence-electron chi connectivity index (χ2n) is 4.46. The van der Waals surface area contributed by atoms with E-state index in [2.05, 4.69) is 22.5 Å². The van der Waals surface area contributed by atoms with E-state index in [1.165, 1.54) is 11.3 Å². The fourth-order valence-corrected chi connectivity index (χ4v) is 1.97. The molecule has 0 fully saturated rings. The number of nitrogen functional groups attached to an aromatic ring is 1. The summed E-state index contributed by atoms with van der Waals surface area (Å²) < 4.78 is 2.21. The van der Waals surface area contributed by atoms with Gasteiger partial charge in [0, 0.05) is 17.9 Å². The molecule has 0 radical (unpaired) electrons. The van der Waals surface area contributed by atoms with Gasteiger partial charge in [-0.05, 0) is 44.4 Å². The molecule has 0 aliphatic carbocycles. The van der Waals surface area contributed by atoms with E-state index in [4.69, 9.17) is 5.73 Å². The van der Waals surface area contributed by atoms with Gasteiger partial charge in [0.15, 0.2) is 0 Å². The van der Waals surface area contributed by atoms with E-state index in [0.29, 0.717) is 0 Å². The topological polar surface area (TPSA) is 43.8 Å². The quantitative estimate of drug-likeness (QED) is 0.819. The molecule has 2 aromatic rings. The summed E-state index contributed by atoms with van der Waals surface area (Å²) in [6.07, 6.45) is 4.09. The molecule has 0 saturated carbocycles. The summed E-state index contributed by atoms with van der Waals surface area (Å²) in [5.74, 6) is 0. The van der Waals surface area contributed by atoms with Gasteiger partial charge in [0.1, 0.15) is 0 Å². The average Bonchev–Trinajstić information content (AvgIpc) is 2.61. The maximum atomic E-state index is 5.75. The Morgan fingerprint density at radius 2 is 2.12 bits per heavy atom. The molecule has 2 N–H and O–H groups in total. The Morgan fingerprint density at radius 3 is 2.76 bits per heavy atom. The first-order valence-electron chi connectivity index (χ1n) is 5.99. The van der Waals surface area contributed by atoms with Crippen molar-refractivity contribution in [2.24, 2.45) is 0 Å². The maximum absolute atomic E-state index is 5.75. The Kier molecular flexibility index (Phi) is 3.47. The third-order valence-electron chi connectivity index (χ3n) is 3.16. The zero-order valence-electron chi connectivity index (χ0n) is 10.5. The Morgan fingerprint density at radius 1 is 1.29 bits per heavy atom. The number of nitrogens with two attached hydrogens (primary N) is 1. The van der Waals surface area contributed by atoms with Gasteiger partial charge in [0.25, 0.3) is 0 Å². The minimum absolute atomic E-state index is 0.845. The molecule has 0 spiro atoms. The predicted octanol–water partition coefficient (Wildman–Crippen LogP) is 2.71. The summed E-state index contributed by atoms with van der Waals surface area (Å²) in [7, 11) is 0. The first-order chi connectivity index (χ1) is 8.16. The van der Waals surface area contributed by atoms with Gasteiger partial charge < -0.3 is 10.3 Å². The van der Waals surface area contributed by atoms with Gasteiger partial charge in [0.2, 0.25) is 0 Å². The first kappa shape index (κ1) is 11.7. The zero-order valence-corrected chi connectivity index (χ0v) is 10.5. The van der Waals surface area contributed by atoms with E-state index < -0.39 is 0 Å². The Balaban J connectivity index is 1.90. The number of imidazole rings is 1. The van der Waals surface area contributed by atoms with Crippen molar-refractivity contribution in [3.63, 3.8) is 0 Å². The Hall–Kier alpha value is -1.77. The molecule has 1 heterocycles. The van der Waals surface area contributed by atoms with Crippen LogP contribution in [-0.4, -0.2) is 9.55 Å². The molecular formula is C14H19N3. The van der Waals surface area contributed by atoms with Gasteiger partial charge in [-0.1, -0.05) is 12.1 Å². The normalized spacial score (nSPS) is 10.7. The summed E-state index contributed by atoms with van der Waals surface area (Å²) in [6.45, 7) is 5.17. The van der Waals surface area contributed by atoms with Crippen molar-refractivity contribution in [3.8, 4) is 0 Å². The average molecular weight is 229 g/mol. The van der Waals surface area contributed by atoms with Crippen LogP contribution in [0.5, 0.6) is 0 Å². The van der Waals surface area contributed by atoms with Gasteiger partial charge in [-0.3, -0.25) is 0 Å². The number of hydrogen-bond acceptors (Lipinski definition) is 2.